The van der Waals surface area contributed by atoms with E-state index in [-0.39, 0.29) is 35.7 Å². The molecule has 9 nitrogen and oxygen atoms in total. The van der Waals surface area contributed by atoms with Crippen molar-refractivity contribution in [2.45, 2.75) is 77.5 Å². The average molecular weight is 564 g/mol. The summed E-state index contributed by atoms with van der Waals surface area (Å²) in [6.45, 7) is 6.62. The fraction of sp³-hybridized carbons (Fsp3) is 0.467. The highest BCUT2D eigenvalue weighted by molar-refractivity contribution is 6.46. The van der Waals surface area contributed by atoms with Crippen molar-refractivity contribution < 1.29 is 18.4 Å². The molecule has 1 fully saturated rings. The Bertz CT molecular complexity index is 1390. The zero-order valence-electron chi connectivity index (χ0n) is 23.5. The van der Waals surface area contributed by atoms with Gasteiger partial charge in [-0.25, -0.2) is 8.78 Å². The summed E-state index contributed by atoms with van der Waals surface area (Å²) >= 11 is 0. The van der Waals surface area contributed by atoms with E-state index < -0.39 is 17.3 Å². The zero-order valence-corrected chi connectivity index (χ0v) is 23.5. The normalized spacial score (nSPS) is 21.4. The van der Waals surface area contributed by atoms with Gasteiger partial charge in [-0.3, -0.25) is 14.6 Å². The molecule has 2 N–H and O–H groups in total. The Kier molecular flexibility index (Phi) is 8.23. The quantitative estimate of drug-likeness (QED) is 0.375. The van der Waals surface area contributed by atoms with Crippen LogP contribution >= 0.6 is 0 Å². The third-order valence-corrected chi connectivity index (χ3v) is 8.33. The third kappa shape index (κ3) is 5.89. The molecule has 11 heteroatoms. The first-order valence-electron chi connectivity index (χ1n) is 14.2. The average Bonchev–Trinajstić information content (AvgIpc) is 3.57. The zero-order chi connectivity index (χ0) is 29.1. The number of aliphatic imine (C=N–C) groups is 1. The van der Waals surface area contributed by atoms with Gasteiger partial charge in [-0.1, -0.05) is 44.5 Å². The summed E-state index contributed by atoms with van der Waals surface area (Å²) in [5, 5.41) is 16.3. The van der Waals surface area contributed by atoms with Gasteiger partial charge in [0.05, 0.1) is 12.6 Å². The maximum absolute atomic E-state index is 14.2. The Balaban J connectivity index is 1.46. The lowest BCUT2D eigenvalue weighted by molar-refractivity contribution is -0.133. The fourth-order valence-corrected chi connectivity index (χ4v) is 6.14. The Morgan fingerprint density at radius 1 is 1.12 bits per heavy atom. The highest BCUT2D eigenvalue weighted by atomic mass is 19.1. The van der Waals surface area contributed by atoms with Crippen molar-refractivity contribution in [2.24, 2.45) is 16.8 Å². The number of carbonyl (C=O) groups excluding carboxylic acids is 2. The molecule has 1 spiro atoms. The predicted octanol–water partition coefficient (Wildman–Crippen LogP) is 5.12. The fourth-order valence-electron chi connectivity index (χ4n) is 6.14. The summed E-state index contributed by atoms with van der Waals surface area (Å²) < 4.78 is 28.4. The van der Waals surface area contributed by atoms with Crippen LogP contribution in [0.2, 0.25) is 0 Å². The topological polar surface area (TPSA) is 116 Å². The van der Waals surface area contributed by atoms with E-state index in [0.717, 1.165) is 30.9 Å². The minimum Gasteiger partial charge on any atom is -0.345 e. The molecule has 5 rings (SSSR count). The number of H-pyrrole nitrogens is 1. The second-order valence-corrected chi connectivity index (χ2v) is 11.3. The molecule has 41 heavy (non-hydrogen) atoms. The van der Waals surface area contributed by atoms with Crippen LogP contribution in [0.5, 0.6) is 0 Å². The van der Waals surface area contributed by atoms with E-state index in [1.807, 2.05) is 17.0 Å². The summed E-state index contributed by atoms with van der Waals surface area (Å²) in [6, 6.07) is 10.0. The highest BCUT2D eigenvalue weighted by Crippen LogP contribution is 2.48. The number of hydrogen-bond acceptors (Lipinski definition) is 6. The van der Waals surface area contributed by atoms with Gasteiger partial charge in [-0.05, 0) is 73.8 Å². The molecular weight excluding hydrogens is 528 g/mol. The van der Waals surface area contributed by atoms with E-state index in [2.05, 4.69) is 46.7 Å². The Labute approximate surface area is 237 Å². The molecule has 1 aliphatic heterocycles. The van der Waals surface area contributed by atoms with Crippen LogP contribution in [0.15, 0.2) is 47.5 Å². The van der Waals surface area contributed by atoms with E-state index in [1.54, 1.807) is 12.1 Å². The van der Waals surface area contributed by atoms with Crippen molar-refractivity contribution >= 4 is 17.5 Å². The number of aromatic amines is 1. The number of benzene rings is 2. The molecule has 0 bridgehead atoms. The van der Waals surface area contributed by atoms with Crippen LogP contribution in [-0.2, 0) is 11.3 Å². The number of tetrazole rings is 1. The van der Waals surface area contributed by atoms with Crippen molar-refractivity contribution in [3.63, 3.8) is 0 Å². The summed E-state index contributed by atoms with van der Waals surface area (Å²) in [6.07, 6.45) is 4.66. The first kappa shape index (κ1) is 28.5. The van der Waals surface area contributed by atoms with Crippen LogP contribution in [0.25, 0.3) is 0 Å². The molecule has 2 heterocycles. The van der Waals surface area contributed by atoms with Gasteiger partial charge in [-0.2, -0.15) is 5.21 Å². The minimum atomic E-state index is -0.791. The van der Waals surface area contributed by atoms with Crippen LogP contribution in [0, 0.1) is 23.5 Å². The second kappa shape index (κ2) is 11.8. The van der Waals surface area contributed by atoms with Crippen molar-refractivity contribution in [3.8, 4) is 0 Å². The van der Waals surface area contributed by atoms with Gasteiger partial charge in [-0.15, -0.1) is 10.2 Å². The Hall–Kier alpha value is -4.02. The second-order valence-electron chi connectivity index (χ2n) is 11.3. The standard InChI is InChI=1S/C30H35F2N7O2/c1-4-5-25(20-6-8-21(9-7-20)28(40)33-17-26-35-37-38-36-26)39-29(41)27(22-14-23(31)16-24(32)15-22)34-30(39)12-10-19(11-13-30)18(2)3/h6-9,14-16,18-19,25H,4-5,10-13,17H2,1-3H3,(H,33,40)(H,35,36,37,38)/t19?,25-,30?/m1/s1. The number of rotatable bonds is 9. The van der Waals surface area contributed by atoms with Crippen molar-refractivity contribution in [2.75, 3.05) is 0 Å². The summed E-state index contributed by atoms with van der Waals surface area (Å²) in [7, 11) is 0. The number of hydrogen-bond donors (Lipinski definition) is 2. The van der Waals surface area contributed by atoms with Crippen molar-refractivity contribution in [1.82, 2.24) is 30.8 Å². The minimum absolute atomic E-state index is 0.102. The van der Waals surface area contributed by atoms with Gasteiger partial charge in [0.15, 0.2) is 5.82 Å². The van der Waals surface area contributed by atoms with Crippen LogP contribution in [0.3, 0.4) is 0 Å². The van der Waals surface area contributed by atoms with E-state index in [4.69, 9.17) is 4.99 Å². The maximum atomic E-state index is 14.2. The van der Waals surface area contributed by atoms with Gasteiger partial charge >= 0.3 is 0 Å². The Morgan fingerprint density at radius 2 is 1.80 bits per heavy atom. The molecule has 2 aromatic carbocycles. The monoisotopic (exact) mass is 563 g/mol. The lowest BCUT2D eigenvalue weighted by Gasteiger charge is -2.46. The van der Waals surface area contributed by atoms with Crippen LogP contribution < -0.4 is 5.32 Å². The van der Waals surface area contributed by atoms with E-state index in [9.17, 15) is 18.4 Å². The Morgan fingerprint density at radius 3 is 2.39 bits per heavy atom. The molecule has 1 aromatic heterocycles. The number of carbonyl (C=O) groups is 2. The number of aromatic nitrogens is 4. The highest BCUT2D eigenvalue weighted by Gasteiger charge is 2.52. The third-order valence-electron chi connectivity index (χ3n) is 8.33. The summed E-state index contributed by atoms with van der Waals surface area (Å²) in [5.41, 5.74) is 0.803. The number of nitrogens with one attached hydrogen (secondary N) is 2. The predicted molar refractivity (Wildman–Crippen MR) is 149 cm³/mol. The molecule has 216 valence electrons. The lowest BCUT2D eigenvalue weighted by Crippen LogP contribution is -2.51. The molecule has 0 unspecified atom stereocenters. The van der Waals surface area contributed by atoms with Crippen LogP contribution in [-0.4, -0.2) is 48.7 Å². The number of nitrogens with zero attached hydrogens (tertiary/aromatic N) is 5. The van der Waals surface area contributed by atoms with Crippen LogP contribution in [0.4, 0.5) is 8.78 Å². The van der Waals surface area contributed by atoms with E-state index in [1.165, 1.54) is 12.1 Å². The first-order valence-corrected chi connectivity index (χ1v) is 14.2. The van der Waals surface area contributed by atoms with Crippen molar-refractivity contribution in [1.29, 1.82) is 0 Å². The van der Waals surface area contributed by atoms with Gasteiger partial charge < -0.3 is 10.2 Å². The molecular formula is C30H35F2N7O2. The summed E-state index contributed by atoms with van der Waals surface area (Å²) in [4.78, 5) is 33.7. The number of amides is 2. The smallest absolute Gasteiger partial charge is 0.275 e. The molecule has 2 aliphatic rings. The molecule has 1 saturated carbocycles. The van der Waals surface area contributed by atoms with Gasteiger partial charge in [0, 0.05) is 17.2 Å². The SMILES string of the molecule is CCC[C@H](c1ccc(C(=O)NCc2nn[nH]n2)cc1)N1C(=O)C(c2cc(F)cc(F)c2)=NC12CCC(C(C)C)CC2. The molecule has 2 amide bonds. The van der Waals surface area contributed by atoms with Gasteiger partial charge in [0.1, 0.15) is 23.0 Å². The van der Waals surface area contributed by atoms with Crippen molar-refractivity contribution in [3.05, 3.63) is 76.6 Å². The lowest BCUT2D eigenvalue weighted by atomic mass is 9.76. The van der Waals surface area contributed by atoms with E-state index >= 15 is 0 Å². The van der Waals surface area contributed by atoms with Crippen LogP contribution in [0.1, 0.15) is 92.6 Å². The van der Waals surface area contributed by atoms with Gasteiger partial charge in [0.25, 0.3) is 11.8 Å². The molecule has 0 radical (unpaired) electrons. The largest absolute Gasteiger partial charge is 0.345 e. The van der Waals surface area contributed by atoms with E-state index in [0.29, 0.717) is 42.5 Å². The molecule has 1 atom stereocenters. The molecule has 3 aromatic rings. The van der Waals surface area contributed by atoms with Gasteiger partial charge in [0.2, 0.25) is 0 Å². The maximum Gasteiger partial charge on any atom is 0.275 e. The molecule has 0 saturated heterocycles. The number of halogens is 2. The molecule has 1 aliphatic carbocycles. The summed E-state index contributed by atoms with van der Waals surface area (Å²) in [5.74, 6) is -0.680. The first-order chi connectivity index (χ1) is 19.7.